The Bertz CT molecular complexity index is 1370. The molecule has 1 amide bonds. The first-order valence-corrected chi connectivity index (χ1v) is 13.0. The van der Waals surface area contributed by atoms with Crippen molar-refractivity contribution in [3.05, 3.63) is 64.2 Å². The van der Waals surface area contributed by atoms with Crippen LogP contribution in [0.5, 0.6) is 11.5 Å². The van der Waals surface area contributed by atoms with Crippen LogP contribution in [0.15, 0.2) is 57.4 Å². The van der Waals surface area contributed by atoms with Crippen LogP contribution in [0, 0.1) is 5.41 Å². The summed E-state index contributed by atoms with van der Waals surface area (Å²) in [5.41, 5.74) is 1.42. The highest BCUT2D eigenvalue weighted by molar-refractivity contribution is 8.16. The van der Waals surface area contributed by atoms with Crippen LogP contribution < -0.4 is 9.47 Å². The van der Waals surface area contributed by atoms with Gasteiger partial charge in [0.05, 0.1) is 24.1 Å². The number of hydrogen-bond acceptors (Lipinski definition) is 8. The SMILES string of the molecule is CCOc1cc(C=C2C(=N)N3C(=NC2=O)SN=C3S(C)(=O)=O)ccc1OCc1ccc(Cl)cc1. The molecule has 2 aromatic rings. The molecule has 34 heavy (non-hydrogen) atoms. The highest BCUT2D eigenvalue weighted by atomic mass is 35.5. The molecule has 0 aliphatic carbocycles. The molecule has 12 heteroatoms. The van der Waals surface area contributed by atoms with Crippen molar-refractivity contribution in [3.63, 3.8) is 0 Å². The van der Waals surface area contributed by atoms with Gasteiger partial charge in [-0.15, -0.1) is 0 Å². The van der Waals surface area contributed by atoms with Crippen LogP contribution >= 0.6 is 23.5 Å². The van der Waals surface area contributed by atoms with E-state index in [1.165, 1.54) is 6.08 Å². The predicted molar refractivity (Wildman–Crippen MR) is 133 cm³/mol. The van der Waals surface area contributed by atoms with E-state index in [0.29, 0.717) is 35.3 Å². The second kappa shape index (κ2) is 9.61. The maximum absolute atomic E-state index is 12.6. The Kier molecular flexibility index (Phi) is 6.78. The largest absolute Gasteiger partial charge is 0.490 e. The number of sulfone groups is 1. The van der Waals surface area contributed by atoms with E-state index in [9.17, 15) is 13.2 Å². The summed E-state index contributed by atoms with van der Waals surface area (Å²) in [6, 6.07) is 12.4. The van der Waals surface area contributed by atoms with Gasteiger partial charge in [0, 0.05) is 11.3 Å². The average molecular weight is 519 g/mol. The number of benzene rings is 2. The van der Waals surface area contributed by atoms with Crippen molar-refractivity contribution in [1.29, 1.82) is 5.41 Å². The Labute approximate surface area is 205 Å². The number of amidine groups is 3. The molecule has 0 bridgehead atoms. The first kappa shape index (κ1) is 24.0. The fraction of sp³-hybridized carbons (Fsp3) is 0.182. The third kappa shape index (κ3) is 5.01. The van der Waals surface area contributed by atoms with Gasteiger partial charge in [0.25, 0.3) is 5.91 Å². The number of carbonyl (C=O) groups excluding carboxylic acids is 1. The highest BCUT2D eigenvalue weighted by Gasteiger charge is 2.41. The molecular formula is C22H19ClN4O5S2. The Morgan fingerprint density at radius 3 is 2.56 bits per heavy atom. The lowest BCUT2D eigenvalue weighted by atomic mass is 10.1. The minimum atomic E-state index is -3.72. The molecule has 0 aromatic heterocycles. The number of amides is 1. The third-order valence-corrected chi connectivity index (χ3v) is 6.72. The molecule has 0 spiro atoms. The minimum absolute atomic E-state index is 0.0357. The second-order valence-corrected chi connectivity index (χ2v) is 10.3. The van der Waals surface area contributed by atoms with Gasteiger partial charge in [-0.1, -0.05) is 29.8 Å². The summed E-state index contributed by atoms with van der Waals surface area (Å²) < 4.78 is 39.5. The molecule has 2 aliphatic rings. The maximum atomic E-state index is 12.6. The zero-order valence-electron chi connectivity index (χ0n) is 18.1. The Morgan fingerprint density at radius 2 is 1.88 bits per heavy atom. The van der Waals surface area contributed by atoms with Gasteiger partial charge >= 0.3 is 0 Å². The number of halogens is 1. The van der Waals surface area contributed by atoms with Crippen molar-refractivity contribution in [2.24, 2.45) is 9.39 Å². The van der Waals surface area contributed by atoms with Crippen molar-refractivity contribution in [2.45, 2.75) is 13.5 Å². The number of nitrogens with one attached hydrogen (secondary N) is 1. The average Bonchev–Trinajstić information content (AvgIpc) is 3.22. The Morgan fingerprint density at radius 1 is 1.15 bits per heavy atom. The summed E-state index contributed by atoms with van der Waals surface area (Å²) >= 11 is 6.66. The van der Waals surface area contributed by atoms with Gasteiger partial charge in [0.1, 0.15) is 12.4 Å². The number of carbonyl (C=O) groups is 1. The summed E-state index contributed by atoms with van der Waals surface area (Å²) in [4.78, 5) is 17.5. The predicted octanol–water partition coefficient (Wildman–Crippen LogP) is 3.94. The second-order valence-electron chi connectivity index (χ2n) is 7.23. The third-order valence-electron chi connectivity index (χ3n) is 4.71. The molecule has 4 rings (SSSR count). The van der Waals surface area contributed by atoms with Crippen LogP contribution in [-0.2, 0) is 21.2 Å². The molecule has 0 unspecified atom stereocenters. The lowest BCUT2D eigenvalue weighted by Crippen LogP contribution is -2.45. The summed E-state index contributed by atoms with van der Waals surface area (Å²) in [6.45, 7) is 2.53. The lowest BCUT2D eigenvalue weighted by Gasteiger charge is -2.23. The first-order valence-electron chi connectivity index (χ1n) is 10.0. The van der Waals surface area contributed by atoms with Gasteiger partial charge in [-0.05, 0) is 48.4 Å². The quantitative estimate of drug-likeness (QED) is 0.454. The van der Waals surface area contributed by atoms with Crippen molar-refractivity contribution >= 4 is 61.5 Å². The summed E-state index contributed by atoms with van der Waals surface area (Å²) in [7, 11) is -3.72. The van der Waals surface area contributed by atoms with E-state index in [-0.39, 0.29) is 21.7 Å². The summed E-state index contributed by atoms with van der Waals surface area (Å²) in [5, 5.41) is 8.79. The Balaban J connectivity index is 1.61. The van der Waals surface area contributed by atoms with Crippen molar-refractivity contribution < 1.29 is 22.7 Å². The molecule has 1 N–H and O–H groups in total. The summed E-state index contributed by atoms with van der Waals surface area (Å²) in [5.74, 6) is -0.00780. The fourth-order valence-corrected chi connectivity index (χ4v) is 5.12. The highest BCUT2D eigenvalue weighted by Crippen LogP contribution is 2.33. The van der Waals surface area contributed by atoms with E-state index < -0.39 is 15.7 Å². The van der Waals surface area contributed by atoms with E-state index in [1.54, 1.807) is 30.3 Å². The monoisotopic (exact) mass is 518 g/mol. The number of nitrogens with zero attached hydrogens (tertiary/aromatic N) is 3. The van der Waals surface area contributed by atoms with E-state index in [1.807, 2.05) is 19.1 Å². The molecule has 9 nitrogen and oxygen atoms in total. The van der Waals surface area contributed by atoms with Gasteiger partial charge in [-0.25, -0.2) is 13.3 Å². The molecule has 2 aliphatic heterocycles. The fourth-order valence-electron chi connectivity index (χ4n) is 3.15. The topological polar surface area (TPSA) is 121 Å². The molecule has 2 heterocycles. The normalized spacial score (nSPS) is 16.9. The summed E-state index contributed by atoms with van der Waals surface area (Å²) in [6.07, 6.45) is 2.44. The molecule has 2 aromatic carbocycles. The van der Waals surface area contributed by atoms with Crippen LogP contribution in [0.25, 0.3) is 6.08 Å². The molecule has 176 valence electrons. The number of aliphatic imine (C=N–C) groups is 1. The lowest BCUT2D eigenvalue weighted by molar-refractivity contribution is -0.114. The van der Waals surface area contributed by atoms with E-state index >= 15 is 0 Å². The van der Waals surface area contributed by atoms with Gasteiger partial charge in [-0.3, -0.25) is 10.2 Å². The zero-order chi connectivity index (χ0) is 24.5. The molecule has 0 radical (unpaired) electrons. The van der Waals surface area contributed by atoms with E-state index in [2.05, 4.69) is 9.39 Å². The van der Waals surface area contributed by atoms with Crippen LogP contribution in [0.2, 0.25) is 5.02 Å². The van der Waals surface area contributed by atoms with E-state index in [0.717, 1.165) is 28.7 Å². The molecule has 0 atom stereocenters. The Hall–Kier alpha value is -3.15. The van der Waals surface area contributed by atoms with Crippen molar-refractivity contribution in [3.8, 4) is 11.5 Å². The van der Waals surface area contributed by atoms with E-state index in [4.69, 9.17) is 26.5 Å². The number of rotatable bonds is 6. The van der Waals surface area contributed by atoms with Crippen LogP contribution in [0.1, 0.15) is 18.1 Å². The van der Waals surface area contributed by atoms with Gasteiger partial charge in [-0.2, -0.15) is 9.39 Å². The first-order chi connectivity index (χ1) is 16.2. The molecule has 0 saturated carbocycles. The van der Waals surface area contributed by atoms with Crippen LogP contribution in [0.3, 0.4) is 0 Å². The number of fused-ring (bicyclic) bond motifs is 1. The van der Waals surface area contributed by atoms with Crippen LogP contribution in [0.4, 0.5) is 0 Å². The zero-order valence-corrected chi connectivity index (χ0v) is 20.5. The minimum Gasteiger partial charge on any atom is -0.490 e. The van der Waals surface area contributed by atoms with Crippen molar-refractivity contribution in [2.75, 3.05) is 12.9 Å². The molecule has 0 fully saturated rings. The smallest absolute Gasteiger partial charge is 0.283 e. The maximum Gasteiger partial charge on any atom is 0.283 e. The van der Waals surface area contributed by atoms with Gasteiger partial charge in [0.2, 0.25) is 20.2 Å². The van der Waals surface area contributed by atoms with Crippen molar-refractivity contribution in [1.82, 2.24) is 4.90 Å². The molecular weight excluding hydrogens is 500 g/mol. The number of ether oxygens (including phenoxy) is 2. The van der Waals surface area contributed by atoms with Gasteiger partial charge < -0.3 is 9.47 Å². The van der Waals surface area contributed by atoms with Crippen LogP contribution in [-0.4, -0.2) is 48.3 Å². The molecule has 0 saturated heterocycles. The van der Waals surface area contributed by atoms with Gasteiger partial charge in [0.15, 0.2) is 11.5 Å². The standard InChI is InChI=1S/C22H19ClN4O5S2/c1-3-31-18-11-14(6-9-17(18)32-12-13-4-7-15(23)8-5-13)10-16-19(24)27-21(25-20(16)28)33-26-22(27)34(2,29)30/h4-11,24H,3,12H2,1-2H3. The number of hydrogen-bond donors (Lipinski definition) is 1.